The van der Waals surface area contributed by atoms with Crippen LogP contribution >= 0.6 is 22.6 Å². The van der Waals surface area contributed by atoms with Gasteiger partial charge in [0.15, 0.2) is 23.0 Å². The van der Waals surface area contributed by atoms with E-state index in [-0.39, 0.29) is 24.7 Å². The van der Waals surface area contributed by atoms with E-state index in [9.17, 15) is 9.59 Å². The third-order valence-electron chi connectivity index (χ3n) is 9.78. The van der Waals surface area contributed by atoms with Crippen LogP contribution in [0.25, 0.3) is 22.5 Å². The van der Waals surface area contributed by atoms with Gasteiger partial charge in [0.05, 0.1) is 64.0 Å². The van der Waals surface area contributed by atoms with Crippen LogP contribution in [0.3, 0.4) is 0 Å². The van der Waals surface area contributed by atoms with Gasteiger partial charge in [-0.15, -0.1) is 17.5 Å². The van der Waals surface area contributed by atoms with Crippen LogP contribution in [0.15, 0.2) is 85.2 Å². The molecule has 4 aromatic carbocycles. The number of fused-ring (bicyclic) bond motifs is 6. The number of carbonyl (C=O) groups is 2. The zero-order chi connectivity index (χ0) is 48.5. The molecule has 6 aromatic rings. The lowest BCUT2D eigenvalue weighted by Crippen LogP contribution is -2.16. The van der Waals surface area contributed by atoms with E-state index in [0.717, 1.165) is 54.1 Å². The highest BCUT2D eigenvalue weighted by molar-refractivity contribution is 14.1. The van der Waals surface area contributed by atoms with Crippen LogP contribution in [-0.4, -0.2) is 76.3 Å². The van der Waals surface area contributed by atoms with Crippen molar-refractivity contribution < 1.29 is 28.5 Å². The summed E-state index contributed by atoms with van der Waals surface area (Å²) in [7, 11) is 3.75. The molecule has 0 saturated carbocycles. The number of halogens is 1. The normalized spacial score (nSPS) is 12.1. The number of anilines is 6. The van der Waals surface area contributed by atoms with E-state index < -0.39 is 16.1 Å². The van der Waals surface area contributed by atoms with Crippen molar-refractivity contribution in [3.63, 3.8) is 0 Å². The fourth-order valence-electron chi connectivity index (χ4n) is 6.50. The topological polar surface area (TPSA) is 171 Å². The highest BCUT2D eigenvalue weighted by Crippen LogP contribution is 2.37. The van der Waals surface area contributed by atoms with E-state index in [0.29, 0.717) is 46.3 Å². The number of methoxy groups -OCH3 is 4. The summed E-state index contributed by atoms with van der Waals surface area (Å²) < 4.78 is 22.3. The molecule has 17 heteroatoms. The van der Waals surface area contributed by atoms with Gasteiger partial charge in [-0.25, -0.2) is 19.9 Å². The van der Waals surface area contributed by atoms with Crippen molar-refractivity contribution in [2.45, 2.75) is 52.1 Å². The van der Waals surface area contributed by atoms with Gasteiger partial charge < -0.3 is 40.2 Å². The first-order valence-corrected chi connectivity index (χ1v) is 29.2. The standard InChI is InChI=1S/C25H26N4O3Si.C20H17IN4O3.C5H10Si/c1-31-21-9-7-18(14-22(21)32-2)27-25-26-15-17-13-23(30)28-20-12-16(10-11-33(3,4)5)6-8-19(20)24(17)29-25;1-27-16-6-4-13(9-17(16)28-2)23-20-22-10-11-7-18(26)24-15-8-12(21)3-5-14(15)19(11)25-20;1-5-6(2,3)4/h6-9,12,14-15H,13H2,1-5H3,(H,28,30)(H,26,27,29);3-6,8-10H,7H2,1-2H3,(H,24,26)(H,22,23,25);1H,2-4H3. The summed E-state index contributed by atoms with van der Waals surface area (Å²) in [6.07, 6.45) is 8.94. The Bertz CT molecular complexity index is 2940. The number of nitrogens with zero attached hydrogens (tertiary/aromatic N) is 4. The van der Waals surface area contributed by atoms with Crippen LogP contribution in [0, 0.1) is 27.0 Å². The van der Waals surface area contributed by atoms with Crippen LogP contribution in [-0.2, 0) is 22.4 Å². The SMILES string of the molecule is C#C[Si](C)(C)C.COc1ccc(Nc2ncc3c(n2)-c2ccc(C#C[Si](C)(C)C)cc2NC(=O)C3)cc1OC.COc1ccc(Nc2ncc3c(n2)-c2ccc(I)cc2NC(=O)C3)cc1OC. The number of hydrogen-bond acceptors (Lipinski definition) is 12. The Balaban J connectivity index is 0.000000199. The summed E-state index contributed by atoms with van der Waals surface area (Å²) in [5, 5.41) is 12.3. The highest BCUT2D eigenvalue weighted by Gasteiger charge is 2.23. The van der Waals surface area contributed by atoms with Gasteiger partial charge in [-0.3, -0.25) is 9.59 Å². The summed E-state index contributed by atoms with van der Waals surface area (Å²) in [6.45, 7) is 13.0. The molecule has 0 aliphatic carbocycles. The third-order valence-corrected chi connectivity index (χ3v) is 12.2. The van der Waals surface area contributed by atoms with E-state index in [1.165, 1.54) is 0 Å². The van der Waals surface area contributed by atoms with Gasteiger partial charge in [-0.1, -0.05) is 45.2 Å². The quantitative estimate of drug-likeness (QED) is 0.0647. The van der Waals surface area contributed by atoms with Crippen molar-refractivity contribution in [2.75, 3.05) is 49.7 Å². The predicted molar refractivity (Wildman–Crippen MR) is 280 cm³/mol. The van der Waals surface area contributed by atoms with E-state index in [1.54, 1.807) is 40.8 Å². The first-order valence-electron chi connectivity index (χ1n) is 21.1. The van der Waals surface area contributed by atoms with Crippen molar-refractivity contribution in [3.8, 4) is 68.9 Å². The second kappa shape index (κ2) is 21.6. The Labute approximate surface area is 407 Å². The lowest BCUT2D eigenvalue weighted by Gasteiger charge is -2.12. The Hall–Kier alpha value is -6.94. The van der Waals surface area contributed by atoms with Crippen molar-refractivity contribution in [1.29, 1.82) is 0 Å². The van der Waals surface area contributed by atoms with Gasteiger partial charge in [0, 0.05) is 67.3 Å². The van der Waals surface area contributed by atoms with Gasteiger partial charge in [0.25, 0.3) is 0 Å². The lowest BCUT2D eigenvalue weighted by molar-refractivity contribution is -0.116. The minimum Gasteiger partial charge on any atom is -0.493 e. The zero-order valence-electron chi connectivity index (χ0n) is 39.2. The minimum absolute atomic E-state index is 0.0776. The fraction of sp³-hybridized carbons (Fsp3) is 0.240. The van der Waals surface area contributed by atoms with Crippen molar-refractivity contribution in [2.24, 2.45) is 0 Å². The van der Waals surface area contributed by atoms with Crippen LogP contribution in [0.2, 0.25) is 39.3 Å². The number of benzene rings is 4. The monoisotopic (exact) mass is 1040 g/mol. The first-order chi connectivity index (χ1) is 31.9. The summed E-state index contributed by atoms with van der Waals surface area (Å²) in [6, 6.07) is 22.7. The lowest BCUT2D eigenvalue weighted by atomic mass is 10.0. The average Bonchev–Trinajstić information content (AvgIpc) is 3.52. The number of nitrogens with one attached hydrogen (secondary N) is 4. The molecule has 0 spiro atoms. The smallest absolute Gasteiger partial charge is 0.228 e. The minimum atomic E-state index is -1.51. The largest absolute Gasteiger partial charge is 0.493 e. The maximum Gasteiger partial charge on any atom is 0.228 e. The molecular formula is C50H53IN8O6Si2. The molecule has 0 fully saturated rings. The van der Waals surface area contributed by atoms with Gasteiger partial charge in [-0.05, 0) is 83.3 Å². The Morgan fingerprint density at radius 2 is 1.06 bits per heavy atom. The molecule has 0 radical (unpaired) electrons. The second-order valence-corrected chi connectivity index (χ2v) is 28.1. The summed E-state index contributed by atoms with van der Waals surface area (Å²) in [5.41, 5.74) is 14.7. The van der Waals surface area contributed by atoms with Crippen molar-refractivity contribution in [1.82, 2.24) is 19.9 Å². The number of aromatic nitrogens is 4. The number of amides is 2. The van der Waals surface area contributed by atoms with Gasteiger partial charge in [-0.2, -0.15) is 0 Å². The van der Waals surface area contributed by atoms with E-state index in [4.69, 9.17) is 30.4 Å². The summed E-state index contributed by atoms with van der Waals surface area (Å²) in [4.78, 5) is 42.9. The molecule has 2 aromatic heterocycles. The van der Waals surface area contributed by atoms with Crippen molar-refractivity contribution >= 4 is 85.2 Å². The molecule has 0 saturated heterocycles. The number of ether oxygens (including phenoxy) is 4. The molecule has 2 aliphatic heterocycles. The Morgan fingerprint density at radius 1 is 0.612 bits per heavy atom. The predicted octanol–water partition coefficient (Wildman–Crippen LogP) is 10.1. The maximum absolute atomic E-state index is 12.5. The molecule has 4 heterocycles. The van der Waals surface area contributed by atoms with Crippen LogP contribution < -0.4 is 40.2 Å². The molecule has 8 rings (SSSR count). The summed E-state index contributed by atoms with van der Waals surface area (Å²) >= 11 is 2.22. The maximum atomic E-state index is 12.5. The fourth-order valence-corrected chi connectivity index (χ4v) is 7.51. The molecule has 344 valence electrons. The van der Waals surface area contributed by atoms with E-state index >= 15 is 0 Å². The molecule has 0 atom stereocenters. The van der Waals surface area contributed by atoms with Gasteiger partial charge in [0.1, 0.15) is 16.1 Å². The molecule has 2 amide bonds. The molecule has 2 aliphatic rings. The zero-order valence-corrected chi connectivity index (χ0v) is 43.3. The van der Waals surface area contributed by atoms with E-state index in [2.05, 4.69) is 115 Å². The molecule has 0 bridgehead atoms. The van der Waals surface area contributed by atoms with E-state index in [1.807, 2.05) is 72.8 Å². The van der Waals surface area contributed by atoms with Crippen molar-refractivity contribution in [3.05, 3.63) is 105 Å². The summed E-state index contributed by atoms with van der Waals surface area (Å²) in [5.74, 6) is 6.42. The Morgan fingerprint density at radius 3 is 1.49 bits per heavy atom. The van der Waals surface area contributed by atoms with Crippen LogP contribution in [0.4, 0.5) is 34.6 Å². The molecule has 14 nitrogen and oxygen atoms in total. The number of carbonyl (C=O) groups excluding carboxylic acids is 2. The molecule has 4 N–H and O–H groups in total. The highest BCUT2D eigenvalue weighted by atomic mass is 127. The van der Waals surface area contributed by atoms with Crippen LogP contribution in [0.5, 0.6) is 23.0 Å². The van der Waals surface area contributed by atoms with Gasteiger partial charge >= 0.3 is 0 Å². The average molecular weight is 1050 g/mol. The molecular weight excluding hydrogens is 992 g/mol. The molecule has 67 heavy (non-hydrogen) atoms. The number of rotatable bonds is 8. The molecule has 0 unspecified atom stereocenters. The van der Waals surface area contributed by atoms with Gasteiger partial charge in [0.2, 0.25) is 23.7 Å². The number of terminal acetylenes is 1. The Kier molecular flexibility index (Phi) is 15.9. The third kappa shape index (κ3) is 13.3. The number of hydrogen-bond donors (Lipinski definition) is 4. The second-order valence-electron chi connectivity index (χ2n) is 17.3. The van der Waals surface area contributed by atoms with Crippen LogP contribution in [0.1, 0.15) is 16.7 Å². The first kappa shape index (κ1) is 49.5.